The molecular formula is C98H86N2. The van der Waals surface area contributed by atoms with Crippen LogP contribution in [0.3, 0.4) is 0 Å². The van der Waals surface area contributed by atoms with Gasteiger partial charge in [0, 0.05) is 56.7 Å². The van der Waals surface area contributed by atoms with Gasteiger partial charge in [-0.3, -0.25) is 0 Å². The number of aromatic nitrogens is 2. The first kappa shape index (κ1) is 63.7. The molecule has 0 saturated heterocycles. The second kappa shape index (κ2) is 25.0. The van der Waals surface area contributed by atoms with Crippen molar-refractivity contribution < 1.29 is 0 Å². The average molecular weight is 1290 g/mol. The zero-order chi connectivity index (χ0) is 68.9. The first-order valence-corrected chi connectivity index (χ1v) is 35.9. The van der Waals surface area contributed by atoms with Gasteiger partial charge < -0.3 is 9.13 Å². The second-order valence-electron chi connectivity index (χ2n) is 30.1. The van der Waals surface area contributed by atoms with E-state index in [1.54, 1.807) is 0 Å². The smallest absolute Gasteiger partial charge is 0.0491 e. The third-order valence-corrected chi connectivity index (χ3v) is 21.3. The molecule has 0 aliphatic heterocycles. The molecule has 0 aliphatic carbocycles. The van der Waals surface area contributed by atoms with Crippen molar-refractivity contribution in [3.63, 3.8) is 0 Å². The fourth-order valence-electron chi connectivity index (χ4n) is 16.1. The highest BCUT2D eigenvalue weighted by atomic mass is 15.0. The van der Waals surface area contributed by atoms with E-state index in [1.165, 1.54) is 198 Å². The summed E-state index contributed by atoms with van der Waals surface area (Å²) in [5, 5.41) is 15.7. The molecule has 2 aromatic heterocycles. The Labute approximate surface area is 589 Å². The molecule has 0 fully saturated rings. The summed E-state index contributed by atoms with van der Waals surface area (Å²) in [4.78, 5) is 0. The lowest BCUT2D eigenvalue weighted by molar-refractivity contribution is 0.591. The first-order chi connectivity index (χ1) is 48.4. The Hall–Kier alpha value is -11.1. The van der Waals surface area contributed by atoms with E-state index < -0.39 is 0 Å². The summed E-state index contributed by atoms with van der Waals surface area (Å²) in [6, 6.07) is 105. The Morgan fingerprint density at radius 3 is 0.750 bits per heavy atom. The van der Waals surface area contributed by atoms with Crippen LogP contribution in [-0.4, -0.2) is 9.13 Å². The molecule has 0 aliphatic rings. The zero-order valence-corrected chi connectivity index (χ0v) is 59.9. The van der Waals surface area contributed by atoms with Crippen molar-refractivity contribution in [3.8, 4) is 77.9 Å². The summed E-state index contributed by atoms with van der Waals surface area (Å²) in [6.45, 7) is 29.0. The Morgan fingerprint density at radius 1 is 0.210 bits per heavy atom. The van der Waals surface area contributed by atoms with Gasteiger partial charge in [-0.15, -0.1) is 0 Å². The molecule has 0 amide bonds. The van der Waals surface area contributed by atoms with Gasteiger partial charge >= 0.3 is 0 Å². The maximum atomic E-state index is 2.45. The molecule has 0 bridgehead atoms. The van der Waals surface area contributed by atoms with Crippen molar-refractivity contribution >= 4 is 86.7 Å². The van der Waals surface area contributed by atoms with E-state index in [0.717, 1.165) is 13.1 Å². The minimum absolute atomic E-state index is 0.0963. The molecule has 100 heavy (non-hydrogen) atoms. The van der Waals surface area contributed by atoms with Crippen LogP contribution >= 0.6 is 0 Å². The quantitative estimate of drug-likeness (QED) is 0.128. The molecule has 488 valence electrons. The lowest BCUT2D eigenvalue weighted by atomic mass is 9.84. The van der Waals surface area contributed by atoms with Crippen LogP contribution in [0, 0.1) is 27.7 Å². The Morgan fingerprint density at radius 2 is 0.450 bits per heavy atom. The van der Waals surface area contributed by atoms with Gasteiger partial charge in [-0.05, 0) is 233 Å². The lowest BCUT2D eigenvalue weighted by Gasteiger charge is -2.19. The highest BCUT2D eigenvalue weighted by molar-refractivity contribution is 6.23. The molecule has 0 unspecified atom stereocenters. The van der Waals surface area contributed by atoms with Crippen LogP contribution in [0.2, 0.25) is 0 Å². The first-order valence-electron chi connectivity index (χ1n) is 35.9. The third-order valence-electron chi connectivity index (χ3n) is 21.3. The molecule has 0 radical (unpaired) electrons. The van der Waals surface area contributed by atoms with Crippen LogP contribution in [0.1, 0.15) is 88.8 Å². The van der Waals surface area contributed by atoms with Gasteiger partial charge in [0.25, 0.3) is 0 Å². The van der Waals surface area contributed by atoms with Gasteiger partial charge in [0.05, 0.1) is 0 Å². The van der Waals surface area contributed by atoms with E-state index in [-0.39, 0.29) is 10.8 Å². The van der Waals surface area contributed by atoms with E-state index >= 15 is 0 Å². The molecule has 2 heteroatoms. The Bertz CT molecular complexity index is 6040. The van der Waals surface area contributed by atoms with Crippen LogP contribution in [0.4, 0.5) is 0 Å². The van der Waals surface area contributed by atoms with Crippen molar-refractivity contribution in [1.29, 1.82) is 0 Å². The van der Waals surface area contributed by atoms with Crippen LogP contribution in [-0.2, 0) is 23.9 Å². The van der Waals surface area contributed by atoms with Crippen LogP contribution < -0.4 is 0 Å². The highest BCUT2D eigenvalue weighted by Crippen LogP contribution is 2.48. The van der Waals surface area contributed by atoms with E-state index in [4.69, 9.17) is 0 Å². The van der Waals surface area contributed by atoms with Crippen molar-refractivity contribution in [1.82, 2.24) is 9.13 Å². The maximum Gasteiger partial charge on any atom is 0.0491 e. The monoisotopic (exact) mass is 1290 g/mol. The van der Waals surface area contributed by atoms with Gasteiger partial charge in [-0.2, -0.15) is 0 Å². The minimum atomic E-state index is 0.0963. The molecule has 0 spiro atoms. The zero-order valence-electron chi connectivity index (χ0n) is 59.9. The molecule has 0 atom stereocenters. The number of hydrogen-bond acceptors (Lipinski definition) is 0. The number of rotatable bonds is 9. The summed E-state index contributed by atoms with van der Waals surface area (Å²) in [6.07, 6.45) is 0. The number of hydrogen-bond donors (Lipinski definition) is 0. The number of aryl methyl sites for hydroxylation is 6. The maximum absolute atomic E-state index is 2.45. The van der Waals surface area contributed by atoms with Crippen LogP contribution in [0.25, 0.3) is 165 Å². The summed E-state index contributed by atoms with van der Waals surface area (Å²) in [5.74, 6) is 0. The Balaban J connectivity index is 0.000000157. The summed E-state index contributed by atoms with van der Waals surface area (Å²) >= 11 is 0. The summed E-state index contributed by atoms with van der Waals surface area (Å²) in [5.41, 5.74) is 30.9. The molecule has 0 saturated carbocycles. The van der Waals surface area contributed by atoms with Crippen molar-refractivity contribution in [2.45, 2.75) is 107 Å². The standard InChI is InChI=1S/C52H45N.C46H41N/c1-7-53-48-27-23-40(31-44(48)45-32-41(52(4,5)6)24-28-49(45)53)37-17-21-39(22-18-37)51-43-26-14-33(2)29-46(43)50(42-25-13-34(3)30-47(42)51)38-19-15-36(16-20-38)35-11-9-8-10-12-35;1-7-47-42-23-19-34(27-38(42)39-28-35(46(4,5)6)20-24-43(39)47)31-15-17-33(18-16-31)45-37-22-14-29(2)25-40(37)44(32-11-9-8-10-12-32)36-21-13-30(3)26-41(36)45/h8-32H,7H2,1-6H3;8-28H,7H2,1-6H3. The molecule has 0 N–H and O–H groups in total. The van der Waals surface area contributed by atoms with Crippen molar-refractivity contribution in [2.75, 3.05) is 0 Å². The van der Waals surface area contributed by atoms with E-state index in [1.807, 2.05) is 0 Å². The Kier molecular flexibility index (Phi) is 15.9. The molecule has 2 heterocycles. The lowest BCUT2D eigenvalue weighted by Crippen LogP contribution is -2.10. The fraction of sp³-hybridized carbons (Fsp3) is 0.163. The predicted molar refractivity (Wildman–Crippen MR) is 435 cm³/mol. The van der Waals surface area contributed by atoms with Crippen LogP contribution in [0.5, 0.6) is 0 Å². The number of benzene rings is 15. The van der Waals surface area contributed by atoms with Crippen molar-refractivity contribution in [3.05, 3.63) is 312 Å². The highest BCUT2D eigenvalue weighted by Gasteiger charge is 2.23. The van der Waals surface area contributed by atoms with E-state index in [0.29, 0.717) is 0 Å². The fourth-order valence-corrected chi connectivity index (χ4v) is 16.1. The van der Waals surface area contributed by atoms with Crippen molar-refractivity contribution in [2.24, 2.45) is 0 Å². The van der Waals surface area contributed by atoms with Gasteiger partial charge in [0.15, 0.2) is 0 Å². The summed E-state index contributed by atoms with van der Waals surface area (Å²) < 4.78 is 4.90. The molecule has 17 rings (SSSR count). The van der Waals surface area contributed by atoms with Gasteiger partial charge in [-0.1, -0.05) is 294 Å². The second-order valence-corrected chi connectivity index (χ2v) is 30.1. The molecule has 15 aromatic carbocycles. The summed E-state index contributed by atoms with van der Waals surface area (Å²) in [7, 11) is 0. The predicted octanol–water partition coefficient (Wildman–Crippen LogP) is 27.7. The van der Waals surface area contributed by atoms with E-state index in [9.17, 15) is 0 Å². The average Bonchev–Trinajstić information content (AvgIpc) is 1.10. The van der Waals surface area contributed by atoms with E-state index in [2.05, 4.69) is 371 Å². The number of fused-ring (bicyclic) bond motifs is 10. The topological polar surface area (TPSA) is 9.86 Å². The van der Waals surface area contributed by atoms with Gasteiger partial charge in [0.2, 0.25) is 0 Å². The minimum Gasteiger partial charge on any atom is -0.341 e. The normalized spacial score (nSPS) is 12.1. The third kappa shape index (κ3) is 11.2. The van der Waals surface area contributed by atoms with Gasteiger partial charge in [-0.25, -0.2) is 0 Å². The SMILES string of the molecule is CCn1c2ccc(-c3ccc(-c4c5ccc(C)cc5c(-c5ccc(-c6ccccc6)cc5)c5ccc(C)cc45)cc3)cc2c2cc(C(C)(C)C)ccc21.CCn1c2ccc(-c3ccc(-c4c5ccc(C)cc5c(-c5ccccc5)c5ccc(C)cc45)cc3)cc2c2cc(C(C)(C)C)ccc21. The number of nitrogens with zero attached hydrogens (tertiary/aromatic N) is 2. The van der Waals surface area contributed by atoms with Gasteiger partial charge in [0.1, 0.15) is 0 Å². The molecule has 17 aromatic rings. The molecule has 2 nitrogen and oxygen atoms in total. The largest absolute Gasteiger partial charge is 0.341 e. The molecular weight excluding hydrogens is 1210 g/mol. The van der Waals surface area contributed by atoms with Crippen LogP contribution in [0.15, 0.2) is 279 Å².